The third-order valence-electron chi connectivity index (χ3n) is 3.57. The molecule has 0 aliphatic carbocycles. The summed E-state index contributed by atoms with van der Waals surface area (Å²) in [5.74, 6) is -0.608. The molecule has 0 atom stereocenters. The quantitative estimate of drug-likeness (QED) is 0.677. The molecule has 0 unspecified atom stereocenters. The van der Waals surface area contributed by atoms with Gasteiger partial charge < -0.3 is 11.1 Å². The van der Waals surface area contributed by atoms with Gasteiger partial charge in [-0.15, -0.1) is 0 Å². The Kier molecular flexibility index (Phi) is 4.55. The van der Waals surface area contributed by atoms with Crippen LogP contribution in [-0.4, -0.2) is 35.2 Å². The zero-order valence-electron chi connectivity index (χ0n) is 13.6. The van der Waals surface area contributed by atoms with Gasteiger partial charge in [0.2, 0.25) is 0 Å². The number of benzene rings is 1. The summed E-state index contributed by atoms with van der Waals surface area (Å²) in [5.41, 5.74) is 6.53. The number of aryl methyl sites for hydroxylation is 1. The SMILES string of the molecule is Cc1c(S(C)(=O)=O)nn2c(Nc3cc(Cl)cc(Cl)c3)c(C(N)=O)cnc12. The minimum Gasteiger partial charge on any atom is -0.365 e. The zero-order chi connectivity index (χ0) is 19.2. The summed E-state index contributed by atoms with van der Waals surface area (Å²) in [5, 5.41) is 7.67. The number of carbonyl (C=O) groups is 1. The highest BCUT2D eigenvalue weighted by molar-refractivity contribution is 7.90. The molecule has 8 nitrogen and oxygen atoms in total. The molecule has 2 aromatic heterocycles. The fraction of sp³-hybridized carbons (Fsp3) is 0.133. The highest BCUT2D eigenvalue weighted by Gasteiger charge is 2.23. The van der Waals surface area contributed by atoms with Gasteiger partial charge in [0, 0.05) is 33.7 Å². The van der Waals surface area contributed by atoms with Gasteiger partial charge in [0.15, 0.2) is 20.5 Å². The molecule has 3 N–H and O–H groups in total. The fourth-order valence-electron chi connectivity index (χ4n) is 2.49. The average Bonchev–Trinajstić information content (AvgIpc) is 2.84. The Morgan fingerprint density at radius 3 is 2.38 bits per heavy atom. The molecule has 1 amide bonds. The summed E-state index contributed by atoms with van der Waals surface area (Å²) >= 11 is 12.0. The number of sulfone groups is 1. The number of nitrogens with zero attached hydrogens (tertiary/aromatic N) is 3. The maximum atomic E-state index is 12.0. The van der Waals surface area contributed by atoms with Crippen LogP contribution in [0.2, 0.25) is 10.0 Å². The van der Waals surface area contributed by atoms with E-state index in [4.69, 9.17) is 28.9 Å². The lowest BCUT2D eigenvalue weighted by Crippen LogP contribution is -2.16. The van der Waals surface area contributed by atoms with Crippen LogP contribution in [-0.2, 0) is 9.84 Å². The Morgan fingerprint density at radius 2 is 1.85 bits per heavy atom. The number of carbonyl (C=O) groups excluding carboxylic acids is 1. The molecule has 2 heterocycles. The number of hydrogen-bond acceptors (Lipinski definition) is 6. The molecule has 0 radical (unpaired) electrons. The minimum atomic E-state index is -3.59. The van der Waals surface area contributed by atoms with Gasteiger partial charge in [-0.05, 0) is 25.1 Å². The number of amides is 1. The lowest BCUT2D eigenvalue weighted by atomic mass is 10.2. The van der Waals surface area contributed by atoms with E-state index >= 15 is 0 Å². The highest BCUT2D eigenvalue weighted by Crippen LogP contribution is 2.28. The van der Waals surface area contributed by atoms with Crippen LogP contribution in [0.4, 0.5) is 11.5 Å². The first-order valence-electron chi connectivity index (χ1n) is 7.19. The van der Waals surface area contributed by atoms with E-state index in [1.54, 1.807) is 25.1 Å². The predicted octanol–water partition coefficient (Wildman–Crippen LogP) is 2.59. The van der Waals surface area contributed by atoms with Crippen molar-refractivity contribution in [3.63, 3.8) is 0 Å². The summed E-state index contributed by atoms with van der Waals surface area (Å²) in [4.78, 5) is 15.9. The number of anilines is 2. The molecule has 0 aliphatic rings. The molecule has 11 heteroatoms. The Labute approximate surface area is 158 Å². The van der Waals surface area contributed by atoms with E-state index in [0.29, 0.717) is 21.3 Å². The number of hydrogen-bond donors (Lipinski definition) is 2. The van der Waals surface area contributed by atoms with Crippen molar-refractivity contribution >= 4 is 56.1 Å². The molecular formula is C15H13Cl2N5O3S. The predicted molar refractivity (Wildman–Crippen MR) is 99.1 cm³/mol. The van der Waals surface area contributed by atoms with Crippen molar-refractivity contribution in [2.75, 3.05) is 11.6 Å². The molecule has 0 fully saturated rings. The lowest BCUT2D eigenvalue weighted by Gasteiger charge is -2.12. The fourth-order valence-corrected chi connectivity index (χ4v) is 3.90. The topological polar surface area (TPSA) is 119 Å². The van der Waals surface area contributed by atoms with Crippen molar-refractivity contribution in [1.29, 1.82) is 0 Å². The van der Waals surface area contributed by atoms with Gasteiger partial charge in [-0.1, -0.05) is 23.2 Å². The van der Waals surface area contributed by atoms with Crippen LogP contribution in [0.5, 0.6) is 0 Å². The average molecular weight is 414 g/mol. The van der Waals surface area contributed by atoms with Crippen molar-refractivity contribution < 1.29 is 13.2 Å². The van der Waals surface area contributed by atoms with Crippen LogP contribution in [0.3, 0.4) is 0 Å². The first-order chi connectivity index (χ1) is 12.1. The van der Waals surface area contributed by atoms with Gasteiger partial charge in [-0.3, -0.25) is 4.79 Å². The van der Waals surface area contributed by atoms with Gasteiger partial charge in [0.1, 0.15) is 11.4 Å². The van der Waals surface area contributed by atoms with Crippen LogP contribution in [0.1, 0.15) is 15.9 Å². The maximum Gasteiger partial charge on any atom is 0.254 e. The maximum absolute atomic E-state index is 12.0. The van der Waals surface area contributed by atoms with Gasteiger partial charge in [0.05, 0.1) is 0 Å². The Balaban J connectivity index is 2.30. The van der Waals surface area contributed by atoms with Gasteiger partial charge in [0.25, 0.3) is 5.91 Å². The molecule has 0 aliphatic heterocycles. The number of nitrogens with two attached hydrogens (primary N) is 1. The van der Waals surface area contributed by atoms with Crippen LogP contribution < -0.4 is 11.1 Å². The Bertz CT molecular complexity index is 1140. The highest BCUT2D eigenvalue weighted by atomic mass is 35.5. The van der Waals surface area contributed by atoms with E-state index in [0.717, 1.165) is 6.26 Å². The molecule has 3 rings (SSSR count). The summed E-state index contributed by atoms with van der Waals surface area (Å²) < 4.78 is 25.1. The van der Waals surface area contributed by atoms with E-state index < -0.39 is 15.7 Å². The summed E-state index contributed by atoms with van der Waals surface area (Å²) in [6.07, 6.45) is 2.30. The van der Waals surface area contributed by atoms with Gasteiger partial charge in [-0.2, -0.15) is 9.61 Å². The molecular weight excluding hydrogens is 401 g/mol. The van der Waals surface area contributed by atoms with E-state index in [2.05, 4.69) is 15.4 Å². The zero-order valence-corrected chi connectivity index (χ0v) is 15.9. The summed E-state index contributed by atoms with van der Waals surface area (Å²) in [6, 6.07) is 4.71. The first-order valence-corrected chi connectivity index (χ1v) is 9.84. The number of aromatic nitrogens is 3. The standard InChI is InChI=1S/C15H13Cl2N5O3S/c1-7-13-19-6-11(12(18)23)14(22(13)21-15(7)26(2,24)25)20-10-4-8(16)3-9(17)5-10/h3-6,20H,1-2H3,(H2,18,23). The number of halogens is 2. The number of nitrogens with one attached hydrogen (secondary N) is 1. The number of primary amides is 1. The first kappa shape index (κ1) is 18.4. The molecule has 0 bridgehead atoms. The molecule has 1 aromatic carbocycles. The van der Waals surface area contributed by atoms with Crippen molar-refractivity contribution in [2.45, 2.75) is 11.9 Å². The van der Waals surface area contributed by atoms with Crippen LogP contribution in [0, 0.1) is 6.92 Å². The van der Waals surface area contributed by atoms with E-state index in [9.17, 15) is 13.2 Å². The third-order valence-corrected chi connectivity index (χ3v) is 5.10. The minimum absolute atomic E-state index is 0.0242. The second kappa shape index (κ2) is 6.42. The summed E-state index contributed by atoms with van der Waals surface area (Å²) in [6.45, 7) is 1.58. The van der Waals surface area contributed by atoms with Gasteiger partial charge in [-0.25, -0.2) is 13.4 Å². The second-order valence-electron chi connectivity index (χ2n) is 5.61. The largest absolute Gasteiger partial charge is 0.365 e. The molecule has 3 aromatic rings. The van der Waals surface area contributed by atoms with Crippen molar-refractivity contribution in [1.82, 2.24) is 14.6 Å². The molecule has 26 heavy (non-hydrogen) atoms. The Morgan fingerprint density at radius 1 is 1.23 bits per heavy atom. The molecule has 0 spiro atoms. The monoisotopic (exact) mass is 413 g/mol. The van der Waals surface area contributed by atoms with Crippen molar-refractivity contribution in [3.8, 4) is 0 Å². The molecule has 0 saturated heterocycles. The third kappa shape index (κ3) is 3.33. The number of rotatable bonds is 4. The Hall–Kier alpha value is -2.36. The van der Waals surface area contributed by atoms with E-state index in [1.807, 2.05) is 0 Å². The van der Waals surface area contributed by atoms with Crippen LogP contribution in [0.25, 0.3) is 5.65 Å². The lowest BCUT2D eigenvalue weighted by molar-refractivity contribution is 0.100. The summed E-state index contributed by atoms with van der Waals surface area (Å²) in [7, 11) is -3.59. The smallest absolute Gasteiger partial charge is 0.254 e. The molecule has 0 saturated carbocycles. The van der Waals surface area contributed by atoms with E-state index in [1.165, 1.54) is 10.7 Å². The molecule has 136 valence electrons. The van der Waals surface area contributed by atoms with Crippen molar-refractivity contribution in [2.24, 2.45) is 5.73 Å². The van der Waals surface area contributed by atoms with Crippen LogP contribution >= 0.6 is 23.2 Å². The van der Waals surface area contributed by atoms with E-state index in [-0.39, 0.29) is 22.1 Å². The normalized spacial score (nSPS) is 11.7. The number of fused-ring (bicyclic) bond motifs is 1. The second-order valence-corrected chi connectivity index (χ2v) is 8.41. The van der Waals surface area contributed by atoms with Crippen molar-refractivity contribution in [3.05, 3.63) is 45.6 Å². The van der Waals surface area contributed by atoms with Gasteiger partial charge >= 0.3 is 0 Å². The van der Waals surface area contributed by atoms with Crippen LogP contribution in [0.15, 0.2) is 29.4 Å².